The fourth-order valence-corrected chi connectivity index (χ4v) is 9.64. The van der Waals surface area contributed by atoms with Crippen LogP contribution in [0.5, 0.6) is 11.5 Å². The summed E-state index contributed by atoms with van der Waals surface area (Å²) >= 11 is 1.78. The van der Waals surface area contributed by atoms with Gasteiger partial charge in [-0.15, -0.1) is 0 Å². The van der Waals surface area contributed by atoms with E-state index in [0.717, 1.165) is 18.6 Å². The van der Waals surface area contributed by atoms with E-state index < -0.39 is 36.2 Å². The summed E-state index contributed by atoms with van der Waals surface area (Å²) in [6, 6.07) is 27.8. The minimum atomic E-state index is -1.16. The van der Waals surface area contributed by atoms with Gasteiger partial charge in [-0.2, -0.15) is 11.8 Å². The highest BCUT2D eigenvalue weighted by atomic mass is 32.2. The lowest BCUT2D eigenvalue weighted by Gasteiger charge is -2.29. The van der Waals surface area contributed by atoms with Crippen LogP contribution in [0.25, 0.3) is 0 Å². The van der Waals surface area contributed by atoms with E-state index in [1.165, 1.54) is 6.92 Å². The minimum Gasteiger partial charge on any atom is -0.481 e. The van der Waals surface area contributed by atoms with E-state index in [2.05, 4.69) is 33.5 Å². The van der Waals surface area contributed by atoms with Crippen molar-refractivity contribution in [3.63, 3.8) is 0 Å². The smallest absolute Gasteiger partial charge is 0.315 e. The number of fused-ring (bicyclic) bond motifs is 1. The van der Waals surface area contributed by atoms with Crippen LogP contribution in [0.15, 0.2) is 103 Å². The molecule has 2 fully saturated rings. The van der Waals surface area contributed by atoms with Gasteiger partial charge in [-0.1, -0.05) is 99.1 Å². The molecule has 2 aliphatic heterocycles. The Kier molecular flexibility index (Phi) is 17.0. The Bertz CT molecular complexity index is 2280. The van der Waals surface area contributed by atoms with Crippen molar-refractivity contribution in [3.8, 4) is 11.5 Å². The van der Waals surface area contributed by atoms with Gasteiger partial charge in [-0.05, 0) is 55.5 Å². The van der Waals surface area contributed by atoms with Gasteiger partial charge in [-0.3, -0.25) is 19.2 Å². The van der Waals surface area contributed by atoms with Crippen molar-refractivity contribution < 1.29 is 38.2 Å². The summed E-state index contributed by atoms with van der Waals surface area (Å²) in [4.78, 5) is 80.1. The molecule has 4 aromatic carbocycles. The van der Waals surface area contributed by atoms with Gasteiger partial charge in [0.05, 0.1) is 24.2 Å². The second-order valence-corrected chi connectivity index (χ2v) is 18.0. The summed E-state index contributed by atoms with van der Waals surface area (Å²) in [5, 5.41) is 14.8. The Hall–Kier alpha value is -6.35. The van der Waals surface area contributed by atoms with Gasteiger partial charge in [0.15, 0.2) is 18.1 Å². The van der Waals surface area contributed by atoms with E-state index in [0.29, 0.717) is 65.0 Å². The lowest BCUT2D eigenvalue weighted by atomic mass is 9.94. The molecule has 0 aromatic heterocycles. The standard InChI is InChI=1S/C50H60N6O8S/c1-6-8-22-44(54-49(61)33(7-2)27-42-45-39(30-65-42)53-50(62)55-45)63-37-23-24-41(40(28-37)56(4)5)64-47(35-19-13-10-14-20-35)38(29-57)52-48(60)31(3)51-43(58)26-32-16-15-21-36(25-32)46(59)34-17-11-9-12-18-34/h9-21,23-25,28-29,31,33,38-39,42,44-45,47H,6-8,22,26-27,30H2,1-5H3,(H,51,58)(H,52,60)(H,54,61)(H2,53,55,62)/t31-,33?,38+,39-,42-,44?,45-,47+/m0/s1. The van der Waals surface area contributed by atoms with Gasteiger partial charge >= 0.3 is 6.03 Å². The number of anilines is 1. The number of ketones is 1. The van der Waals surface area contributed by atoms with E-state index in [4.69, 9.17) is 9.47 Å². The Morgan fingerprint density at radius 1 is 0.846 bits per heavy atom. The summed E-state index contributed by atoms with van der Waals surface area (Å²) in [7, 11) is 3.70. The number of hydrogen-bond donors (Lipinski definition) is 5. The molecule has 0 aliphatic carbocycles. The molecule has 5 N–H and O–H groups in total. The Morgan fingerprint density at radius 2 is 1.57 bits per heavy atom. The number of urea groups is 1. The maximum absolute atomic E-state index is 13.8. The molecule has 2 heterocycles. The van der Waals surface area contributed by atoms with Crippen molar-refractivity contribution >= 4 is 53.3 Å². The number of rotatable bonds is 23. The Balaban J connectivity index is 1.12. The Morgan fingerprint density at radius 3 is 2.26 bits per heavy atom. The van der Waals surface area contributed by atoms with E-state index in [1.807, 2.05) is 56.3 Å². The normalized spacial score (nSPS) is 18.6. The summed E-state index contributed by atoms with van der Waals surface area (Å²) in [5.74, 6) is 0.184. The SMILES string of the molecule is CCCCC(NC(=O)C(CC)C[C@@H]1SC[C@@H]2NC(=O)N[C@@H]21)Oc1ccc(O[C@H](c2ccccc2)[C@@H](C=O)NC(=O)[C@H](C)NC(=O)Cc2cccc(C(=O)c3ccccc3)c2)c(N(C)C)c1. The number of amides is 5. The zero-order valence-electron chi connectivity index (χ0n) is 37.6. The third kappa shape index (κ3) is 12.9. The van der Waals surface area contributed by atoms with Gasteiger partial charge in [0, 0.05) is 54.6 Å². The van der Waals surface area contributed by atoms with Crippen LogP contribution in [0.4, 0.5) is 10.5 Å². The predicted molar refractivity (Wildman–Crippen MR) is 252 cm³/mol. The maximum atomic E-state index is 13.8. The van der Waals surface area contributed by atoms with E-state index >= 15 is 0 Å². The average Bonchev–Trinajstić information content (AvgIpc) is 3.87. The first-order chi connectivity index (χ1) is 31.4. The highest BCUT2D eigenvalue weighted by molar-refractivity contribution is 8.00. The zero-order chi connectivity index (χ0) is 46.5. The number of unbranched alkanes of at least 4 members (excludes halogenated alkanes) is 1. The molecule has 2 unspecified atom stereocenters. The molecule has 15 heteroatoms. The first-order valence-electron chi connectivity index (χ1n) is 22.3. The van der Waals surface area contributed by atoms with Gasteiger partial charge < -0.3 is 45.8 Å². The van der Waals surface area contributed by atoms with Crippen LogP contribution in [-0.4, -0.2) is 91.3 Å². The third-order valence-electron chi connectivity index (χ3n) is 11.7. The second kappa shape index (κ2) is 23.0. The van der Waals surface area contributed by atoms with Crippen molar-refractivity contribution in [3.05, 3.63) is 125 Å². The summed E-state index contributed by atoms with van der Waals surface area (Å²) in [6.45, 7) is 5.61. The number of benzene rings is 4. The number of hydrogen-bond acceptors (Lipinski definition) is 10. The second-order valence-electron chi connectivity index (χ2n) is 16.7. The number of carbonyl (C=O) groups excluding carboxylic acids is 6. The molecule has 2 aliphatic rings. The number of ether oxygens (including phenoxy) is 2. The molecule has 344 valence electrons. The fraction of sp³-hybridized carbons (Fsp3) is 0.400. The number of thioether (sulfide) groups is 1. The molecule has 8 atom stereocenters. The molecule has 0 bridgehead atoms. The van der Waals surface area contributed by atoms with Crippen molar-refractivity contribution in [2.75, 3.05) is 24.7 Å². The summed E-state index contributed by atoms with van der Waals surface area (Å²) < 4.78 is 13.1. The van der Waals surface area contributed by atoms with Crippen molar-refractivity contribution in [1.82, 2.24) is 26.6 Å². The molecular weight excluding hydrogens is 845 g/mol. The summed E-state index contributed by atoms with van der Waals surface area (Å²) in [5.41, 5.74) is 2.84. The number of nitrogens with one attached hydrogen (secondary N) is 5. The lowest BCUT2D eigenvalue weighted by molar-refractivity contribution is -0.130. The van der Waals surface area contributed by atoms with Crippen LogP contribution in [0.1, 0.15) is 86.0 Å². The minimum absolute atomic E-state index is 0.00319. The molecule has 0 spiro atoms. The molecule has 2 saturated heterocycles. The van der Waals surface area contributed by atoms with Crippen molar-refractivity contribution in [2.45, 2.75) is 101 Å². The number of carbonyl (C=O) groups is 6. The molecule has 65 heavy (non-hydrogen) atoms. The monoisotopic (exact) mass is 904 g/mol. The lowest BCUT2D eigenvalue weighted by Crippen LogP contribution is -2.51. The van der Waals surface area contributed by atoms with Crippen molar-refractivity contribution in [2.24, 2.45) is 5.92 Å². The van der Waals surface area contributed by atoms with Crippen molar-refractivity contribution in [1.29, 1.82) is 0 Å². The number of nitrogens with zero attached hydrogens (tertiary/aromatic N) is 1. The highest BCUT2D eigenvalue weighted by Gasteiger charge is 2.44. The third-order valence-corrected chi connectivity index (χ3v) is 13.1. The van der Waals surface area contributed by atoms with Crippen LogP contribution in [0.2, 0.25) is 0 Å². The molecule has 0 saturated carbocycles. The van der Waals surface area contributed by atoms with Gasteiger partial charge in [-0.25, -0.2) is 4.79 Å². The maximum Gasteiger partial charge on any atom is 0.315 e. The zero-order valence-corrected chi connectivity index (χ0v) is 38.4. The summed E-state index contributed by atoms with van der Waals surface area (Å²) in [6.07, 6.45) is 2.58. The fourth-order valence-electron chi connectivity index (χ4n) is 8.07. The molecule has 5 amide bonds. The van der Waals surface area contributed by atoms with Gasteiger partial charge in [0.1, 0.15) is 29.9 Å². The largest absolute Gasteiger partial charge is 0.481 e. The van der Waals surface area contributed by atoms with Crippen LogP contribution < -0.4 is 41.0 Å². The Labute approximate surface area is 385 Å². The van der Waals surface area contributed by atoms with E-state index in [-0.39, 0.29) is 47.4 Å². The van der Waals surface area contributed by atoms with Crippen LogP contribution in [0.3, 0.4) is 0 Å². The van der Waals surface area contributed by atoms with Gasteiger partial charge in [0.25, 0.3) is 0 Å². The number of aldehydes is 1. The van der Waals surface area contributed by atoms with Crippen LogP contribution in [0, 0.1) is 5.92 Å². The molecule has 14 nitrogen and oxygen atoms in total. The molecule has 0 radical (unpaired) electrons. The molecular formula is C50H60N6O8S. The van der Waals surface area contributed by atoms with E-state index in [1.54, 1.807) is 84.6 Å². The average molecular weight is 905 g/mol. The quantitative estimate of drug-likeness (QED) is 0.0251. The molecule has 6 rings (SSSR count). The topological polar surface area (TPSA) is 184 Å². The first-order valence-corrected chi connectivity index (χ1v) is 23.3. The van der Waals surface area contributed by atoms with Crippen LogP contribution in [-0.2, 0) is 25.6 Å². The van der Waals surface area contributed by atoms with Gasteiger partial charge in [0.2, 0.25) is 17.7 Å². The van der Waals surface area contributed by atoms with E-state index in [9.17, 15) is 28.8 Å². The molecule has 4 aromatic rings. The highest BCUT2D eigenvalue weighted by Crippen LogP contribution is 2.37. The van der Waals surface area contributed by atoms with Crippen LogP contribution >= 0.6 is 11.8 Å². The predicted octanol–water partition coefficient (Wildman–Crippen LogP) is 6.13. The first kappa shape index (κ1) is 48.1.